The molecule has 0 radical (unpaired) electrons. The van der Waals surface area contributed by atoms with Crippen LogP contribution in [0.15, 0.2) is 12.1 Å². The molecule has 0 saturated heterocycles. The number of halogens is 1. The molecule has 0 amide bonds. The van der Waals surface area contributed by atoms with Gasteiger partial charge in [-0.2, -0.15) is 0 Å². The van der Waals surface area contributed by atoms with E-state index in [-0.39, 0.29) is 5.56 Å². The first-order valence-electron chi connectivity index (χ1n) is 5.26. The maximum absolute atomic E-state index is 13.7. The van der Waals surface area contributed by atoms with E-state index in [2.05, 4.69) is 16.6 Å². The summed E-state index contributed by atoms with van der Waals surface area (Å²) < 4.78 is 18.0. The van der Waals surface area contributed by atoms with E-state index in [4.69, 9.17) is 5.73 Å². The topological polar surface area (TPSA) is 95.5 Å². The number of esters is 1. The van der Waals surface area contributed by atoms with Gasteiger partial charge in [-0.25, -0.2) is 9.18 Å². The maximum atomic E-state index is 13.7. The molecule has 0 fully saturated rings. The highest BCUT2D eigenvalue weighted by atomic mass is 19.1. The SMILES string of the molecule is COC(=O)c1cc(F)c(C#CCCN)cc1[N+](=O)[O-]. The lowest BCUT2D eigenvalue weighted by Gasteiger charge is -2.02. The highest BCUT2D eigenvalue weighted by Crippen LogP contribution is 2.23. The van der Waals surface area contributed by atoms with E-state index in [0.29, 0.717) is 13.0 Å². The Morgan fingerprint density at radius 2 is 2.26 bits per heavy atom. The Morgan fingerprint density at radius 1 is 1.58 bits per heavy atom. The Bertz CT molecular complexity index is 575. The number of nitrogens with zero attached hydrogens (tertiary/aromatic N) is 1. The number of hydrogen-bond acceptors (Lipinski definition) is 5. The Labute approximate surface area is 108 Å². The lowest BCUT2D eigenvalue weighted by atomic mass is 10.1. The third-order valence-corrected chi connectivity index (χ3v) is 2.18. The predicted molar refractivity (Wildman–Crippen MR) is 64.9 cm³/mol. The van der Waals surface area contributed by atoms with Crippen molar-refractivity contribution in [1.82, 2.24) is 0 Å². The summed E-state index contributed by atoms with van der Waals surface area (Å²) in [5.41, 5.74) is 4.07. The molecule has 0 aliphatic rings. The average molecular weight is 266 g/mol. The highest BCUT2D eigenvalue weighted by molar-refractivity contribution is 5.94. The fourth-order valence-corrected chi connectivity index (χ4v) is 1.31. The van der Waals surface area contributed by atoms with Crippen LogP contribution in [0.4, 0.5) is 10.1 Å². The molecule has 0 bridgehead atoms. The molecule has 1 rings (SSSR count). The molecule has 1 aromatic rings. The van der Waals surface area contributed by atoms with E-state index in [0.717, 1.165) is 19.2 Å². The fourth-order valence-electron chi connectivity index (χ4n) is 1.31. The van der Waals surface area contributed by atoms with Crippen LogP contribution < -0.4 is 5.73 Å². The minimum atomic E-state index is -0.980. The number of nitro benzene ring substituents is 1. The lowest BCUT2D eigenvalue weighted by Crippen LogP contribution is -2.07. The summed E-state index contributed by atoms with van der Waals surface area (Å²) in [7, 11) is 1.05. The van der Waals surface area contributed by atoms with E-state index in [1.807, 2.05) is 0 Å². The Morgan fingerprint density at radius 3 is 2.79 bits per heavy atom. The Kier molecular flexibility index (Phi) is 4.97. The van der Waals surface area contributed by atoms with E-state index in [1.54, 1.807) is 0 Å². The van der Waals surface area contributed by atoms with Crippen molar-refractivity contribution in [3.8, 4) is 11.8 Å². The Balaban J connectivity index is 3.34. The Hall–Kier alpha value is -2.46. The van der Waals surface area contributed by atoms with Crippen molar-refractivity contribution < 1.29 is 18.8 Å². The molecule has 0 aliphatic carbocycles. The summed E-state index contributed by atoms with van der Waals surface area (Å²) in [5, 5.41) is 10.8. The number of rotatable bonds is 3. The van der Waals surface area contributed by atoms with E-state index in [1.165, 1.54) is 0 Å². The van der Waals surface area contributed by atoms with Gasteiger partial charge in [-0.05, 0) is 6.07 Å². The summed E-state index contributed by atoms with van der Waals surface area (Å²) in [6.45, 7) is 0.303. The van der Waals surface area contributed by atoms with Gasteiger partial charge in [-0.1, -0.05) is 11.8 Å². The first-order chi connectivity index (χ1) is 9.01. The van der Waals surface area contributed by atoms with E-state index >= 15 is 0 Å². The number of hydrogen-bond donors (Lipinski definition) is 1. The number of methoxy groups -OCH3 is 1. The van der Waals surface area contributed by atoms with Gasteiger partial charge >= 0.3 is 5.97 Å². The molecule has 0 atom stereocenters. The average Bonchev–Trinajstić information content (AvgIpc) is 2.39. The molecule has 19 heavy (non-hydrogen) atoms. The van der Waals surface area contributed by atoms with Gasteiger partial charge in [0.25, 0.3) is 5.69 Å². The number of nitro groups is 1. The zero-order chi connectivity index (χ0) is 14.4. The second-order valence-electron chi connectivity index (χ2n) is 3.44. The van der Waals surface area contributed by atoms with Gasteiger partial charge in [-0.15, -0.1) is 0 Å². The third-order valence-electron chi connectivity index (χ3n) is 2.18. The maximum Gasteiger partial charge on any atom is 0.344 e. The van der Waals surface area contributed by atoms with Crippen molar-refractivity contribution in [2.24, 2.45) is 5.73 Å². The van der Waals surface area contributed by atoms with Crippen LogP contribution in [0.3, 0.4) is 0 Å². The largest absolute Gasteiger partial charge is 0.465 e. The fraction of sp³-hybridized carbons (Fsp3) is 0.250. The second kappa shape index (κ2) is 6.47. The molecule has 100 valence electrons. The van der Waals surface area contributed by atoms with Gasteiger partial charge in [0.1, 0.15) is 11.4 Å². The van der Waals surface area contributed by atoms with Gasteiger partial charge < -0.3 is 10.5 Å². The minimum Gasteiger partial charge on any atom is -0.465 e. The van der Waals surface area contributed by atoms with Crippen LogP contribution in [0, 0.1) is 27.8 Å². The number of ether oxygens (including phenoxy) is 1. The summed E-state index contributed by atoms with van der Waals surface area (Å²) in [4.78, 5) is 21.4. The van der Waals surface area contributed by atoms with Crippen LogP contribution in [-0.2, 0) is 4.74 Å². The van der Waals surface area contributed by atoms with Crippen molar-refractivity contribution in [2.75, 3.05) is 13.7 Å². The van der Waals surface area contributed by atoms with Crippen molar-refractivity contribution in [3.63, 3.8) is 0 Å². The first kappa shape index (κ1) is 14.6. The van der Waals surface area contributed by atoms with Crippen LogP contribution in [0.5, 0.6) is 0 Å². The molecule has 0 unspecified atom stereocenters. The number of benzene rings is 1. The summed E-state index contributed by atoms with van der Waals surface area (Å²) in [6.07, 6.45) is 0.339. The molecule has 6 nitrogen and oxygen atoms in total. The molecular weight excluding hydrogens is 255 g/mol. The summed E-state index contributed by atoms with van der Waals surface area (Å²) in [5.74, 6) is 3.20. The molecule has 0 aliphatic heterocycles. The second-order valence-corrected chi connectivity index (χ2v) is 3.44. The van der Waals surface area contributed by atoms with Crippen LogP contribution >= 0.6 is 0 Å². The summed E-state index contributed by atoms with van der Waals surface area (Å²) in [6, 6.07) is 1.65. The zero-order valence-corrected chi connectivity index (χ0v) is 10.1. The van der Waals surface area contributed by atoms with Crippen molar-refractivity contribution in [3.05, 3.63) is 39.2 Å². The normalized spacial score (nSPS) is 9.42. The van der Waals surface area contributed by atoms with Crippen molar-refractivity contribution in [1.29, 1.82) is 0 Å². The van der Waals surface area contributed by atoms with Gasteiger partial charge in [0, 0.05) is 19.0 Å². The molecule has 0 heterocycles. The molecule has 2 N–H and O–H groups in total. The summed E-state index contributed by atoms with van der Waals surface area (Å²) >= 11 is 0. The number of carbonyl (C=O) groups is 1. The van der Waals surface area contributed by atoms with Crippen LogP contribution in [0.25, 0.3) is 0 Å². The molecule has 0 saturated carbocycles. The highest BCUT2D eigenvalue weighted by Gasteiger charge is 2.23. The zero-order valence-electron chi connectivity index (χ0n) is 10.1. The van der Waals surface area contributed by atoms with Crippen LogP contribution in [-0.4, -0.2) is 24.5 Å². The van der Waals surface area contributed by atoms with Gasteiger partial charge in [-0.3, -0.25) is 10.1 Å². The van der Waals surface area contributed by atoms with Gasteiger partial charge in [0.15, 0.2) is 0 Å². The number of carbonyl (C=O) groups excluding carboxylic acids is 1. The molecule has 1 aromatic carbocycles. The van der Waals surface area contributed by atoms with E-state index < -0.39 is 28.0 Å². The minimum absolute atomic E-state index is 0.159. The van der Waals surface area contributed by atoms with Crippen LogP contribution in [0.1, 0.15) is 22.3 Å². The first-order valence-corrected chi connectivity index (χ1v) is 5.26. The molecule has 0 spiro atoms. The monoisotopic (exact) mass is 266 g/mol. The van der Waals surface area contributed by atoms with Crippen LogP contribution in [0.2, 0.25) is 0 Å². The lowest BCUT2D eigenvalue weighted by molar-refractivity contribution is -0.385. The number of nitrogens with two attached hydrogens (primary N) is 1. The molecular formula is C12H11FN2O4. The van der Waals surface area contributed by atoms with Gasteiger partial charge in [0.2, 0.25) is 0 Å². The quantitative estimate of drug-likeness (QED) is 0.384. The van der Waals surface area contributed by atoms with E-state index in [9.17, 15) is 19.3 Å². The van der Waals surface area contributed by atoms with Crippen molar-refractivity contribution in [2.45, 2.75) is 6.42 Å². The standard InChI is InChI=1S/C12H11FN2O4/c1-19-12(16)9-7-10(13)8(4-2-3-5-14)6-11(9)15(17)18/h6-7H,3,5,14H2,1H3. The predicted octanol–water partition coefficient (Wildman–Crippen LogP) is 1.22. The molecule has 0 aromatic heterocycles. The smallest absolute Gasteiger partial charge is 0.344 e. The molecule has 7 heteroatoms. The van der Waals surface area contributed by atoms with Crippen molar-refractivity contribution >= 4 is 11.7 Å². The third kappa shape index (κ3) is 3.50. The van der Waals surface area contributed by atoms with Gasteiger partial charge in [0.05, 0.1) is 17.6 Å².